The van der Waals surface area contributed by atoms with E-state index in [2.05, 4.69) is 36.2 Å². The largest absolute Gasteiger partial charge is 0.394 e. The number of aliphatic hydroxyl groups excluding tert-OH is 1. The summed E-state index contributed by atoms with van der Waals surface area (Å²) < 4.78 is 0. The molecule has 2 aromatic rings. The highest BCUT2D eigenvalue weighted by molar-refractivity contribution is 7.15. The van der Waals surface area contributed by atoms with E-state index in [9.17, 15) is 10.4 Å². The molecule has 1 N–H and O–H groups in total. The Labute approximate surface area is 146 Å². The summed E-state index contributed by atoms with van der Waals surface area (Å²) >= 11 is 1.61. The molecule has 1 aliphatic heterocycles. The van der Waals surface area contributed by atoms with Gasteiger partial charge in [-0.3, -0.25) is 0 Å². The van der Waals surface area contributed by atoms with Crippen LogP contribution in [0.2, 0.25) is 0 Å². The van der Waals surface area contributed by atoms with Crippen LogP contribution in [0.1, 0.15) is 35.8 Å². The maximum atomic E-state index is 9.96. The summed E-state index contributed by atoms with van der Waals surface area (Å²) in [6.45, 7) is 4.08. The topological polar surface area (TPSA) is 60.2 Å². The molecule has 124 valence electrons. The third-order valence-electron chi connectivity index (χ3n) is 4.54. The molecule has 0 radical (unpaired) electrons. The van der Waals surface area contributed by atoms with Gasteiger partial charge in [-0.25, -0.2) is 4.98 Å². The van der Waals surface area contributed by atoms with Crippen LogP contribution in [0, 0.1) is 11.3 Å². The summed E-state index contributed by atoms with van der Waals surface area (Å²) in [5.74, 6) is -0.0126. The van der Waals surface area contributed by atoms with Gasteiger partial charge in [-0.1, -0.05) is 43.3 Å². The molecule has 24 heavy (non-hydrogen) atoms. The summed E-state index contributed by atoms with van der Waals surface area (Å²) in [5.41, 5.74) is 2.22. The van der Waals surface area contributed by atoms with Crippen molar-refractivity contribution in [1.82, 2.24) is 4.98 Å². The molecule has 3 rings (SSSR count). The molecule has 0 unspecified atom stereocenters. The number of aryl methyl sites for hydroxylation is 1. The molecule has 0 bridgehead atoms. The van der Waals surface area contributed by atoms with Crippen LogP contribution in [-0.4, -0.2) is 28.8 Å². The van der Waals surface area contributed by atoms with E-state index in [4.69, 9.17) is 0 Å². The van der Waals surface area contributed by atoms with E-state index in [-0.39, 0.29) is 24.6 Å². The number of rotatable bonds is 5. The average molecular weight is 339 g/mol. The van der Waals surface area contributed by atoms with Gasteiger partial charge in [0.2, 0.25) is 0 Å². The predicted octanol–water partition coefficient (Wildman–Crippen LogP) is 3.60. The molecular formula is C19H21N3OS. The Bertz CT molecular complexity index is 777. The van der Waals surface area contributed by atoms with E-state index in [0.717, 1.165) is 22.7 Å². The number of benzene rings is 1. The molecule has 5 heteroatoms. The highest BCUT2D eigenvalue weighted by atomic mass is 32.1. The molecule has 1 aromatic heterocycles. The van der Waals surface area contributed by atoms with Crippen LogP contribution in [0.15, 0.2) is 36.5 Å². The summed E-state index contributed by atoms with van der Waals surface area (Å²) in [5, 5.41) is 20.5. The van der Waals surface area contributed by atoms with Gasteiger partial charge in [0.15, 0.2) is 5.13 Å². The Morgan fingerprint density at radius 3 is 2.83 bits per heavy atom. The monoisotopic (exact) mass is 339 g/mol. The highest BCUT2D eigenvalue weighted by Crippen LogP contribution is 2.45. The normalized spacial score (nSPS) is 23.2. The molecule has 0 saturated carbocycles. The molecular weight excluding hydrogens is 318 g/mol. The average Bonchev–Trinajstić information content (AvgIpc) is 3.05. The number of nitriles is 1. The van der Waals surface area contributed by atoms with E-state index >= 15 is 0 Å². The number of aliphatic hydroxyl groups is 1. The van der Waals surface area contributed by atoms with Crippen LogP contribution in [0.25, 0.3) is 6.08 Å². The van der Waals surface area contributed by atoms with Crippen molar-refractivity contribution < 1.29 is 5.11 Å². The number of aromatic nitrogens is 1. The summed E-state index contributed by atoms with van der Waals surface area (Å²) in [4.78, 5) is 7.62. The number of hydrogen-bond acceptors (Lipinski definition) is 5. The van der Waals surface area contributed by atoms with Crippen molar-refractivity contribution in [2.45, 2.75) is 38.3 Å². The predicted molar refractivity (Wildman–Crippen MR) is 98.1 cm³/mol. The van der Waals surface area contributed by atoms with Crippen molar-refractivity contribution in [3.05, 3.63) is 52.5 Å². The molecule has 1 aliphatic rings. The standard InChI is InChI=1S/C19H21N3OS/c1-3-7-13-8-5-6-9-15(13)18-16(10-20)22(17(18)12-23)19-21-11-14(4-2)24-19/h3,5-9,11,16-18,23H,4,12H2,1-2H3/b7-3+/t16-,17-,18+/m0/s1. The van der Waals surface area contributed by atoms with Gasteiger partial charge in [0.1, 0.15) is 6.04 Å². The molecule has 0 amide bonds. The van der Waals surface area contributed by atoms with E-state index in [1.165, 1.54) is 4.88 Å². The molecule has 4 nitrogen and oxygen atoms in total. The second kappa shape index (κ2) is 7.16. The second-order valence-corrected chi connectivity index (χ2v) is 6.94. The SMILES string of the molecule is C/C=C/c1ccccc1[C@@H]1[C@H](C#N)N(c2ncc(CC)s2)[C@H]1CO. The number of nitrogens with zero attached hydrogens (tertiary/aromatic N) is 3. The van der Waals surface area contributed by atoms with Gasteiger partial charge in [-0.15, -0.1) is 11.3 Å². The zero-order valence-corrected chi connectivity index (χ0v) is 14.7. The lowest BCUT2D eigenvalue weighted by molar-refractivity contribution is 0.187. The maximum absolute atomic E-state index is 9.96. The van der Waals surface area contributed by atoms with Crippen molar-refractivity contribution in [2.24, 2.45) is 0 Å². The third kappa shape index (κ3) is 2.72. The van der Waals surface area contributed by atoms with Crippen LogP contribution in [-0.2, 0) is 6.42 Å². The fraction of sp³-hybridized carbons (Fsp3) is 0.368. The summed E-state index contributed by atoms with van der Waals surface area (Å²) in [6.07, 6.45) is 6.85. The van der Waals surface area contributed by atoms with Crippen LogP contribution in [0.3, 0.4) is 0 Å². The lowest BCUT2D eigenvalue weighted by Gasteiger charge is -2.52. The summed E-state index contributed by atoms with van der Waals surface area (Å²) in [6, 6.07) is 10.1. The first-order valence-corrected chi connectivity index (χ1v) is 9.01. The second-order valence-electron chi connectivity index (χ2n) is 5.85. The number of hydrogen-bond donors (Lipinski definition) is 1. The van der Waals surface area contributed by atoms with Crippen LogP contribution < -0.4 is 4.90 Å². The van der Waals surface area contributed by atoms with E-state index in [0.29, 0.717) is 0 Å². The Morgan fingerprint density at radius 2 is 2.21 bits per heavy atom. The van der Waals surface area contributed by atoms with Crippen molar-refractivity contribution in [3.63, 3.8) is 0 Å². The highest BCUT2D eigenvalue weighted by Gasteiger charge is 2.50. The first-order valence-electron chi connectivity index (χ1n) is 8.20. The van der Waals surface area contributed by atoms with Crippen LogP contribution >= 0.6 is 11.3 Å². The van der Waals surface area contributed by atoms with E-state index in [1.54, 1.807) is 11.3 Å². The van der Waals surface area contributed by atoms with Crippen molar-refractivity contribution in [3.8, 4) is 6.07 Å². The van der Waals surface area contributed by atoms with Crippen molar-refractivity contribution in [2.75, 3.05) is 11.5 Å². The first kappa shape index (κ1) is 16.7. The van der Waals surface area contributed by atoms with Gasteiger partial charge in [0.05, 0.1) is 18.7 Å². The smallest absolute Gasteiger partial charge is 0.186 e. The molecule has 1 saturated heterocycles. The molecule has 3 atom stereocenters. The Hall–Kier alpha value is -2.16. The van der Waals surface area contributed by atoms with E-state index in [1.807, 2.05) is 36.2 Å². The van der Waals surface area contributed by atoms with Gasteiger partial charge in [-0.05, 0) is 24.5 Å². The fourth-order valence-electron chi connectivity index (χ4n) is 3.37. The molecule has 1 aromatic carbocycles. The zero-order chi connectivity index (χ0) is 17.1. The van der Waals surface area contributed by atoms with Crippen molar-refractivity contribution >= 4 is 22.5 Å². The Morgan fingerprint density at radius 1 is 1.42 bits per heavy atom. The molecule has 1 fully saturated rings. The van der Waals surface area contributed by atoms with Gasteiger partial charge in [0, 0.05) is 17.0 Å². The third-order valence-corrected chi connectivity index (χ3v) is 5.70. The Kier molecular flexibility index (Phi) is 4.98. The van der Waals surface area contributed by atoms with Gasteiger partial charge in [-0.2, -0.15) is 5.26 Å². The quantitative estimate of drug-likeness (QED) is 0.904. The zero-order valence-electron chi connectivity index (χ0n) is 13.9. The lowest BCUT2D eigenvalue weighted by atomic mass is 9.74. The maximum Gasteiger partial charge on any atom is 0.186 e. The lowest BCUT2D eigenvalue weighted by Crippen LogP contribution is -2.63. The minimum atomic E-state index is -0.301. The van der Waals surface area contributed by atoms with Gasteiger partial charge >= 0.3 is 0 Å². The number of anilines is 1. The first-order chi connectivity index (χ1) is 11.7. The fourth-order valence-corrected chi connectivity index (χ4v) is 4.31. The van der Waals surface area contributed by atoms with Gasteiger partial charge < -0.3 is 10.0 Å². The number of thiazole rings is 1. The van der Waals surface area contributed by atoms with Crippen LogP contribution in [0.4, 0.5) is 5.13 Å². The molecule has 0 aliphatic carbocycles. The molecule has 0 spiro atoms. The minimum absolute atomic E-state index is 0.00799. The molecule has 2 heterocycles. The Balaban J connectivity index is 1.97. The van der Waals surface area contributed by atoms with Crippen molar-refractivity contribution in [1.29, 1.82) is 5.26 Å². The number of allylic oxidation sites excluding steroid dienone is 1. The van der Waals surface area contributed by atoms with Gasteiger partial charge in [0.25, 0.3) is 0 Å². The van der Waals surface area contributed by atoms with E-state index < -0.39 is 0 Å². The van der Waals surface area contributed by atoms with Crippen LogP contribution in [0.5, 0.6) is 0 Å². The minimum Gasteiger partial charge on any atom is -0.394 e. The summed E-state index contributed by atoms with van der Waals surface area (Å²) in [7, 11) is 0.